The average Bonchev–Trinajstić information content (AvgIpc) is 3.19. The van der Waals surface area contributed by atoms with Gasteiger partial charge in [-0.05, 0) is 48.6 Å². The number of benzene rings is 3. The minimum Gasteiger partial charge on any atom is -0.459 e. The van der Waals surface area contributed by atoms with Crippen molar-refractivity contribution >= 4 is 18.0 Å². The number of nitrogens with one attached hydrogen (secondary N) is 2. The lowest BCUT2D eigenvalue weighted by molar-refractivity contribution is -0.154. The number of fused-ring (bicyclic) bond motifs is 3. The van der Waals surface area contributed by atoms with Crippen LogP contribution in [0.15, 0.2) is 78.9 Å². The summed E-state index contributed by atoms with van der Waals surface area (Å²) in [6.07, 6.45) is -0.458. The van der Waals surface area contributed by atoms with Gasteiger partial charge in [0.1, 0.15) is 24.8 Å². The Bertz CT molecular complexity index is 1220. The van der Waals surface area contributed by atoms with Gasteiger partial charge in [0.25, 0.3) is 0 Å². The Hall–Kier alpha value is -4.13. The van der Waals surface area contributed by atoms with Crippen molar-refractivity contribution in [2.24, 2.45) is 0 Å². The van der Waals surface area contributed by atoms with Crippen LogP contribution in [-0.4, -0.2) is 42.8 Å². The maximum Gasteiger partial charge on any atom is 0.407 e. The fourth-order valence-electron chi connectivity index (χ4n) is 4.50. The third kappa shape index (κ3) is 6.76. The highest BCUT2D eigenvalue weighted by atomic mass is 16.6. The van der Waals surface area contributed by atoms with Crippen LogP contribution in [0.3, 0.4) is 0 Å². The third-order valence-electron chi connectivity index (χ3n) is 6.06. The fourth-order valence-corrected chi connectivity index (χ4v) is 4.50. The van der Waals surface area contributed by atoms with Crippen molar-refractivity contribution in [2.45, 2.75) is 44.8 Å². The van der Waals surface area contributed by atoms with Gasteiger partial charge >= 0.3 is 12.1 Å². The van der Waals surface area contributed by atoms with E-state index >= 15 is 0 Å². The van der Waals surface area contributed by atoms with Crippen molar-refractivity contribution in [3.63, 3.8) is 0 Å². The first-order chi connectivity index (χ1) is 17.7. The Morgan fingerprint density at radius 3 is 2.00 bits per heavy atom. The zero-order valence-electron chi connectivity index (χ0n) is 21.3. The van der Waals surface area contributed by atoms with Crippen LogP contribution in [0, 0.1) is 0 Å². The molecule has 0 aromatic heterocycles. The fraction of sp³-hybridized carbons (Fsp3) is 0.300. The van der Waals surface area contributed by atoms with E-state index in [0.717, 1.165) is 27.8 Å². The van der Waals surface area contributed by atoms with Gasteiger partial charge in [-0.3, -0.25) is 9.59 Å². The number of rotatable bonds is 8. The van der Waals surface area contributed by atoms with Crippen molar-refractivity contribution in [1.82, 2.24) is 10.6 Å². The standard InChI is InChI=1S/C30H32N2O5/c1-30(2,3)37-27(33)18-31-28(34)26(17-20-11-5-4-6-12-20)32-29(35)36-19-25-23-15-9-7-13-21(23)22-14-8-10-16-24(22)25/h4-16,25-26H,17-19H2,1-3H3,(H,31,34)(H,32,35)/t26-/m0/s1. The zero-order chi connectivity index (χ0) is 26.4. The molecule has 0 heterocycles. The number of alkyl carbamates (subject to hydrolysis) is 1. The molecule has 2 amide bonds. The van der Waals surface area contributed by atoms with Crippen molar-refractivity contribution < 1.29 is 23.9 Å². The van der Waals surface area contributed by atoms with Gasteiger partial charge in [-0.25, -0.2) is 4.79 Å². The van der Waals surface area contributed by atoms with E-state index < -0.39 is 29.6 Å². The molecule has 1 aliphatic rings. The van der Waals surface area contributed by atoms with Gasteiger partial charge in [-0.1, -0.05) is 78.9 Å². The first kappa shape index (κ1) is 25.9. The summed E-state index contributed by atoms with van der Waals surface area (Å²) in [6.45, 7) is 5.10. The molecule has 0 radical (unpaired) electrons. The molecule has 7 heteroatoms. The van der Waals surface area contributed by atoms with Crippen LogP contribution in [0.25, 0.3) is 11.1 Å². The van der Waals surface area contributed by atoms with E-state index in [-0.39, 0.29) is 25.5 Å². The third-order valence-corrected chi connectivity index (χ3v) is 6.06. The SMILES string of the molecule is CC(C)(C)OC(=O)CNC(=O)[C@H](Cc1ccccc1)NC(=O)OCC1c2ccccc2-c2ccccc21. The molecule has 4 rings (SSSR count). The molecule has 3 aromatic carbocycles. The van der Waals surface area contributed by atoms with Gasteiger partial charge in [-0.15, -0.1) is 0 Å². The molecule has 7 nitrogen and oxygen atoms in total. The summed E-state index contributed by atoms with van der Waals surface area (Å²) in [7, 11) is 0. The zero-order valence-corrected chi connectivity index (χ0v) is 21.3. The molecule has 0 spiro atoms. The Morgan fingerprint density at radius 2 is 1.41 bits per heavy atom. The summed E-state index contributed by atoms with van der Waals surface area (Å²) in [5.74, 6) is -1.14. The summed E-state index contributed by atoms with van der Waals surface area (Å²) >= 11 is 0. The van der Waals surface area contributed by atoms with Crippen LogP contribution in [0.4, 0.5) is 4.79 Å². The van der Waals surface area contributed by atoms with E-state index in [1.807, 2.05) is 66.7 Å². The van der Waals surface area contributed by atoms with Gasteiger partial charge in [0.05, 0.1) is 0 Å². The molecule has 1 atom stereocenters. The van der Waals surface area contributed by atoms with Crippen molar-refractivity contribution in [3.8, 4) is 11.1 Å². The topological polar surface area (TPSA) is 93.7 Å². The average molecular weight is 501 g/mol. The Labute approximate surface area is 217 Å². The molecule has 0 saturated heterocycles. The van der Waals surface area contributed by atoms with Gasteiger partial charge in [0.2, 0.25) is 5.91 Å². The smallest absolute Gasteiger partial charge is 0.407 e. The van der Waals surface area contributed by atoms with E-state index in [1.54, 1.807) is 20.8 Å². The van der Waals surface area contributed by atoms with Gasteiger partial charge in [0.15, 0.2) is 0 Å². The quantitative estimate of drug-likeness (QED) is 0.441. The first-order valence-electron chi connectivity index (χ1n) is 12.4. The highest BCUT2D eigenvalue weighted by Crippen LogP contribution is 2.44. The molecule has 0 aliphatic heterocycles. The number of hydrogen-bond acceptors (Lipinski definition) is 5. The molecule has 0 fully saturated rings. The van der Waals surface area contributed by atoms with Crippen LogP contribution >= 0.6 is 0 Å². The normalized spacial score (nSPS) is 13.2. The maximum atomic E-state index is 13.0. The van der Waals surface area contributed by atoms with E-state index in [1.165, 1.54) is 0 Å². The van der Waals surface area contributed by atoms with Crippen LogP contribution in [0.5, 0.6) is 0 Å². The molecule has 37 heavy (non-hydrogen) atoms. The van der Waals surface area contributed by atoms with Crippen molar-refractivity contribution in [2.75, 3.05) is 13.2 Å². The molecular formula is C30H32N2O5. The second-order valence-corrected chi connectivity index (χ2v) is 10.0. The second kappa shape index (κ2) is 11.3. The summed E-state index contributed by atoms with van der Waals surface area (Å²) in [5, 5.41) is 5.25. The second-order valence-electron chi connectivity index (χ2n) is 10.0. The Balaban J connectivity index is 1.41. The number of carbonyl (C=O) groups excluding carboxylic acids is 3. The van der Waals surface area contributed by atoms with E-state index in [9.17, 15) is 14.4 Å². The van der Waals surface area contributed by atoms with E-state index in [0.29, 0.717) is 0 Å². The van der Waals surface area contributed by atoms with Gasteiger partial charge < -0.3 is 20.1 Å². The minimum absolute atomic E-state index is 0.0910. The lowest BCUT2D eigenvalue weighted by Crippen LogP contribution is -2.49. The largest absolute Gasteiger partial charge is 0.459 e. The van der Waals surface area contributed by atoms with Crippen molar-refractivity contribution in [1.29, 1.82) is 0 Å². The van der Waals surface area contributed by atoms with E-state index in [2.05, 4.69) is 22.8 Å². The number of hydrogen-bond donors (Lipinski definition) is 2. The molecule has 1 aliphatic carbocycles. The monoisotopic (exact) mass is 500 g/mol. The lowest BCUT2D eigenvalue weighted by Gasteiger charge is -2.21. The number of esters is 1. The van der Waals surface area contributed by atoms with Crippen LogP contribution in [0.1, 0.15) is 43.4 Å². The molecule has 2 N–H and O–H groups in total. The Kier molecular flexibility index (Phi) is 7.92. The highest BCUT2D eigenvalue weighted by Gasteiger charge is 2.30. The predicted octanol–water partition coefficient (Wildman–Crippen LogP) is 4.59. The molecule has 3 aromatic rings. The molecular weight excluding hydrogens is 468 g/mol. The van der Waals surface area contributed by atoms with Crippen molar-refractivity contribution in [3.05, 3.63) is 95.6 Å². The summed E-state index contributed by atoms with van der Waals surface area (Å²) in [5.41, 5.74) is 4.68. The Morgan fingerprint density at radius 1 is 0.838 bits per heavy atom. The summed E-state index contributed by atoms with van der Waals surface area (Å²) in [6, 6.07) is 24.6. The minimum atomic E-state index is -0.930. The summed E-state index contributed by atoms with van der Waals surface area (Å²) in [4.78, 5) is 37.9. The highest BCUT2D eigenvalue weighted by molar-refractivity contribution is 5.88. The van der Waals surface area contributed by atoms with Gasteiger partial charge in [-0.2, -0.15) is 0 Å². The first-order valence-corrected chi connectivity index (χ1v) is 12.4. The number of amides is 2. The van der Waals surface area contributed by atoms with E-state index in [4.69, 9.17) is 9.47 Å². The predicted molar refractivity (Wildman–Crippen MR) is 141 cm³/mol. The lowest BCUT2D eigenvalue weighted by atomic mass is 9.98. The molecule has 0 unspecified atom stereocenters. The van der Waals surface area contributed by atoms with Gasteiger partial charge in [0, 0.05) is 12.3 Å². The maximum absolute atomic E-state index is 13.0. The molecule has 192 valence electrons. The molecule has 0 bridgehead atoms. The number of ether oxygens (including phenoxy) is 2. The van der Waals surface area contributed by atoms with Crippen LogP contribution < -0.4 is 10.6 Å². The van der Waals surface area contributed by atoms with Crippen LogP contribution in [-0.2, 0) is 25.5 Å². The molecule has 0 saturated carbocycles. The van der Waals surface area contributed by atoms with Crippen LogP contribution in [0.2, 0.25) is 0 Å². The summed E-state index contributed by atoms with van der Waals surface area (Å²) < 4.78 is 10.9. The number of carbonyl (C=O) groups is 3.